The smallest absolute Gasteiger partial charge is 0.00132 e. The van der Waals surface area contributed by atoms with Crippen LogP contribution < -0.4 is 0 Å². The van der Waals surface area contributed by atoms with Crippen LogP contribution in [0.15, 0.2) is 36.4 Å². The minimum Gasteiger partial charge on any atom is -0.0616 e. The summed E-state index contributed by atoms with van der Waals surface area (Å²) in [5.74, 6) is 0. The van der Waals surface area contributed by atoms with Crippen LogP contribution in [0, 0.1) is 0 Å². The summed E-state index contributed by atoms with van der Waals surface area (Å²) in [5.41, 5.74) is 9.32. The molecule has 0 heterocycles. The normalized spacial score (nSPS) is 14.0. The summed E-state index contributed by atoms with van der Waals surface area (Å²) in [6, 6.07) is 13.7. The van der Waals surface area contributed by atoms with Crippen LogP contribution in [0.25, 0.3) is 11.1 Å². The lowest BCUT2D eigenvalue weighted by atomic mass is 9.77. The van der Waals surface area contributed by atoms with Crippen LogP contribution in [0.4, 0.5) is 0 Å². The van der Waals surface area contributed by atoms with Gasteiger partial charge in [-0.05, 0) is 50.6 Å². The SMILES string of the molecule is CC(C)(C)c1cccc2c1-c1c(cccc1C(C)(C)C)C2. The zero-order valence-electron chi connectivity index (χ0n) is 14.2. The fraction of sp³-hybridized carbons (Fsp3) is 0.429. The van der Waals surface area contributed by atoms with Crippen molar-refractivity contribution in [2.45, 2.75) is 58.8 Å². The molecule has 0 unspecified atom stereocenters. The van der Waals surface area contributed by atoms with Gasteiger partial charge in [0, 0.05) is 0 Å². The molecule has 0 heteroatoms. The summed E-state index contributed by atoms with van der Waals surface area (Å²) in [7, 11) is 0. The van der Waals surface area contributed by atoms with Gasteiger partial charge in [0.1, 0.15) is 0 Å². The van der Waals surface area contributed by atoms with E-state index >= 15 is 0 Å². The van der Waals surface area contributed by atoms with E-state index < -0.39 is 0 Å². The molecule has 0 radical (unpaired) electrons. The van der Waals surface area contributed by atoms with Crippen molar-refractivity contribution in [3.05, 3.63) is 58.7 Å². The zero-order chi connectivity index (χ0) is 15.4. The first kappa shape index (κ1) is 14.4. The Morgan fingerprint density at radius 2 is 1.00 bits per heavy atom. The monoisotopic (exact) mass is 278 g/mol. The molecule has 0 bridgehead atoms. The number of benzene rings is 2. The first-order chi connectivity index (χ1) is 9.69. The van der Waals surface area contributed by atoms with Gasteiger partial charge in [-0.2, -0.15) is 0 Å². The lowest BCUT2D eigenvalue weighted by Gasteiger charge is -2.27. The fourth-order valence-corrected chi connectivity index (χ4v) is 3.54. The molecule has 0 aliphatic heterocycles. The molecule has 0 fully saturated rings. The highest BCUT2D eigenvalue weighted by Crippen LogP contribution is 2.47. The van der Waals surface area contributed by atoms with Crippen molar-refractivity contribution in [1.29, 1.82) is 0 Å². The topological polar surface area (TPSA) is 0 Å². The Balaban J connectivity index is 2.36. The quantitative estimate of drug-likeness (QED) is 0.483. The highest BCUT2D eigenvalue weighted by molar-refractivity contribution is 5.83. The summed E-state index contributed by atoms with van der Waals surface area (Å²) >= 11 is 0. The Labute approximate surface area is 129 Å². The Hall–Kier alpha value is -1.56. The van der Waals surface area contributed by atoms with E-state index in [9.17, 15) is 0 Å². The molecular formula is C21H26. The number of fused-ring (bicyclic) bond motifs is 3. The third kappa shape index (κ3) is 2.31. The van der Waals surface area contributed by atoms with E-state index in [1.807, 2.05) is 0 Å². The number of hydrogen-bond acceptors (Lipinski definition) is 0. The molecule has 2 aromatic rings. The molecule has 1 aliphatic rings. The average molecular weight is 278 g/mol. The standard InChI is InChI=1S/C21H26/c1-20(2,3)16-11-7-9-14-13-15-10-8-12-17(21(4,5)6)19(15)18(14)16/h7-12H,13H2,1-6H3. The average Bonchev–Trinajstić information content (AvgIpc) is 2.74. The van der Waals surface area contributed by atoms with Crippen LogP contribution in [0.2, 0.25) is 0 Å². The molecule has 1 aliphatic carbocycles. The molecule has 0 saturated heterocycles. The van der Waals surface area contributed by atoms with Gasteiger partial charge in [-0.1, -0.05) is 77.9 Å². The van der Waals surface area contributed by atoms with Crippen molar-refractivity contribution in [2.24, 2.45) is 0 Å². The molecule has 0 saturated carbocycles. The molecule has 0 N–H and O–H groups in total. The molecule has 0 aromatic heterocycles. The van der Waals surface area contributed by atoms with Crippen LogP contribution in [0.1, 0.15) is 63.8 Å². The number of rotatable bonds is 0. The Kier molecular flexibility index (Phi) is 3.06. The second kappa shape index (κ2) is 4.47. The van der Waals surface area contributed by atoms with Gasteiger partial charge in [0.25, 0.3) is 0 Å². The van der Waals surface area contributed by atoms with E-state index in [0.29, 0.717) is 0 Å². The van der Waals surface area contributed by atoms with Crippen LogP contribution in [-0.4, -0.2) is 0 Å². The maximum Gasteiger partial charge on any atom is -0.00132 e. The molecule has 0 nitrogen and oxygen atoms in total. The lowest BCUT2D eigenvalue weighted by Crippen LogP contribution is -2.16. The minimum atomic E-state index is 0.179. The lowest BCUT2D eigenvalue weighted by molar-refractivity contribution is 0.585. The van der Waals surface area contributed by atoms with E-state index in [1.54, 1.807) is 0 Å². The van der Waals surface area contributed by atoms with Crippen molar-refractivity contribution in [3.63, 3.8) is 0 Å². The Bertz CT molecular complexity index is 629. The Morgan fingerprint density at radius 3 is 1.33 bits per heavy atom. The molecule has 3 rings (SSSR count). The van der Waals surface area contributed by atoms with Gasteiger partial charge in [0.2, 0.25) is 0 Å². The van der Waals surface area contributed by atoms with E-state index in [0.717, 1.165) is 6.42 Å². The molecule has 0 spiro atoms. The van der Waals surface area contributed by atoms with Crippen molar-refractivity contribution in [3.8, 4) is 11.1 Å². The first-order valence-corrected chi connectivity index (χ1v) is 7.95. The maximum atomic E-state index is 2.32. The summed E-state index contributed by atoms with van der Waals surface area (Å²) in [6.07, 6.45) is 1.08. The highest BCUT2D eigenvalue weighted by atomic mass is 14.3. The van der Waals surface area contributed by atoms with E-state index in [4.69, 9.17) is 0 Å². The highest BCUT2D eigenvalue weighted by Gasteiger charge is 2.30. The second-order valence-electron chi connectivity index (χ2n) is 8.36. The molecular weight excluding hydrogens is 252 g/mol. The molecule has 21 heavy (non-hydrogen) atoms. The number of hydrogen-bond donors (Lipinski definition) is 0. The first-order valence-electron chi connectivity index (χ1n) is 7.95. The van der Waals surface area contributed by atoms with E-state index in [-0.39, 0.29) is 10.8 Å². The Morgan fingerprint density at radius 1 is 0.619 bits per heavy atom. The van der Waals surface area contributed by atoms with E-state index in [1.165, 1.54) is 33.4 Å². The zero-order valence-corrected chi connectivity index (χ0v) is 14.2. The van der Waals surface area contributed by atoms with Crippen LogP contribution in [0.3, 0.4) is 0 Å². The third-order valence-corrected chi connectivity index (χ3v) is 4.55. The van der Waals surface area contributed by atoms with Gasteiger partial charge >= 0.3 is 0 Å². The molecule has 0 atom stereocenters. The predicted octanol–water partition coefficient (Wildman–Crippen LogP) is 5.85. The summed E-state index contributed by atoms with van der Waals surface area (Å²) < 4.78 is 0. The fourth-order valence-electron chi connectivity index (χ4n) is 3.54. The molecule has 110 valence electrons. The maximum absolute atomic E-state index is 2.32. The molecule has 2 aromatic carbocycles. The minimum absolute atomic E-state index is 0.179. The molecule has 0 amide bonds. The van der Waals surface area contributed by atoms with Crippen molar-refractivity contribution in [2.75, 3.05) is 0 Å². The van der Waals surface area contributed by atoms with Gasteiger partial charge in [-0.15, -0.1) is 0 Å². The van der Waals surface area contributed by atoms with Gasteiger partial charge < -0.3 is 0 Å². The van der Waals surface area contributed by atoms with Crippen LogP contribution in [0.5, 0.6) is 0 Å². The van der Waals surface area contributed by atoms with Crippen LogP contribution >= 0.6 is 0 Å². The third-order valence-electron chi connectivity index (χ3n) is 4.55. The summed E-state index contributed by atoms with van der Waals surface area (Å²) in [6.45, 7) is 13.9. The summed E-state index contributed by atoms with van der Waals surface area (Å²) in [4.78, 5) is 0. The van der Waals surface area contributed by atoms with Gasteiger partial charge in [-0.3, -0.25) is 0 Å². The van der Waals surface area contributed by atoms with Crippen molar-refractivity contribution < 1.29 is 0 Å². The second-order valence-corrected chi connectivity index (χ2v) is 8.36. The summed E-state index contributed by atoms with van der Waals surface area (Å²) in [5, 5.41) is 0. The van der Waals surface area contributed by atoms with Gasteiger partial charge in [0.05, 0.1) is 0 Å². The predicted molar refractivity (Wildman–Crippen MR) is 92.1 cm³/mol. The van der Waals surface area contributed by atoms with E-state index in [2.05, 4.69) is 77.9 Å². The van der Waals surface area contributed by atoms with Crippen LogP contribution in [-0.2, 0) is 17.3 Å². The van der Waals surface area contributed by atoms with Crippen molar-refractivity contribution in [1.82, 2.24) is 0 Å². The van der Waals surface area contributed by atoms with Gasteiger partial charge in [0.15, 0.2) is 0 Å². The largest absolute Gasteiger partial charge is 0.0616 e. The van der Waals surface area contributed by atoms with Gasteiger partial charge in [-0.25, -0.2) is 0 Å². The van der Waals surface area contributed by atoms with Crippen molar-refractivity contribution >= 4 is 0 Å².